The van der Waals surface area contributed by atoms with Gasteiger partial charge in [0.1, 0.15) is 6.10 Å². The van der Waals surface area contributed by atoms with Crippen LogP contribution in [0.5, 0.6) is 0 Å². The van der Waals surface area contributed by atoms with E-state index >= 15 is 0 Å². The minimum absolute atomic E-state index is 0.514. The van der Waals surface area contributed by atoms with Gasteiger partial charge in [-0.15, -0.1) is 0 Å². The van der Waals surface area contributed by atoms with E-state index in [2.05, 4.69) is 31.9 Å². The molecule has 0 aliphatic rings. The topological polar surface area (TPSA) is 38.7 Å². The van der Waals surface area contributed by atoms with Gasteiger partial charge in [0.05, 0.1) is 13.2 Å². The number of hydrogen-bond acceptors (Lipinski definition) is 3. The van der Waals surface area contributed by atoms with Crippen LogP contribution in [-0.2, 0) is 9.47 Å². The van der Waals surface area contributed by atoms with Crippen LogP contribution >= 0.6 is 31.9 Å². The lowest BCUT2D eigenvalue weighted by molar-refractivity contribution is -0.183. The maximum absolute atomic E-state index is 9.18. The monoisotopic (exact) mass is 304 g/mol. The van der Waals surface area contributed by atoms with Crippen LogP contribution < -0.4 is 0 Å². The average molecular weight is 306 g/mol. The van der Waals surface area contributed by atoms with E-state index in [0.29, 0.717) is 13.2 Å². The summed E-state index contributed by atoms with van der Waals surface area (Å²) in [6.07, 6.45) is -1.11. The molecule has 0 aromatic rings. The maximum Gasteiger partial charge on any atom is 0.183 e. The summed E-state index contributed by atoms with van der Waals surface area (Å²) in [5, 5.41) is 10.7. The summed E-state index contributed by atoms with van der Waals surface area (Å²) in [5.74, 6) is 0. The quantitative estimate of drug-likeness (QED) is 0.572. The van der Waals surface area contributed by atoms with E-state index in [1.807, 2.05) is 0 Å². The largest absolute Gasteiger partial charge is 0.388 e. The lowest BCUT2D eigenvalue weighted by Crippen LogP contribution is -2.30. The van der Waals surface area contributed by atoms with Crippen molar-refractivity contribution < 1.29 is 14.6 Å². The molecule has 3 nitrogen and oxygen atoms in total. The van der Waals surface area contributed by atoms with Gasteiger partial charge >= 0.3 is 0 Å². The summed E-state index contributed by atoms with van der Waals surface area (Å²) in [5.41, 5.74) is 0. The molecule has 0 spiro atoms. The molecule has 0 saturated heterocycles. The Morgan fingerprint density at radius 3 is 1.83 bits per heavy atom. The van der Waals surface area contributed by atoms with Gasteiger partial charge in [-0.1, -0.05) is 31.9 Å². The van der Waals surface area contributed by atoms with Crippen molar-refractivity contribution in [2.45, 2.75) is 19.3 Å². The molecule has 74 valence electrons. The van der Waals surface area contributed by atoms with Crippen molar-refractivity contribution >= 4 is 31.9 Å². The molecule has 0 fully saturated rings. The second-order valence-electron chi connectivity index (χ2n) is 2.23. The molecular formula is C7H14Br2O3. The number of halogens is 2. The fourth-order valence-electron chi connectivity index (χ4n) is 0.648. The van der Waals surface area contributed by atoms with Gasteiger partial charge in [0, 0.05) is 10.7 Å². The number of rotatable bonds is 7. The molecule has 12 heavy (non-hydrogen) atoms. The molecule has 0 aliphatic carbocycles. The normalized spacial score (nSPS) is 13.8. The van der Waals surface area contributed by atoms with E-state index in [1.165, 1.54) is 0 Å². The number of alkyl halides is 2. The molecule has 1 unspecified atom stereocenters. The van der Waals surface area contributed by atoms with Gasteiger partial charge in [0.2, 0.25) is 0 Å². The number of aliphatic hydroxyl groups is 1. The van der Waals surface area contributed by atoms with Gasteiger partial charge in [-0.3, -0.25) is 0 Å². The third-order valence-corrected chi connectivity index (χ3v) is 1.76. The van der Waals surface area contributed by atoms with E-state index in [-0.39, 0.29) is 0 Å². The lowest BCUT2D eigenvalue weighted by atomic mass is 10.4. The molecule has 0 rings (SSSR count). The summed E-state index contributed by atoms with van der Waals surface area (Å²) < 4.78 is 10.4. The van der Waals surface area contributed by atoms with Crippen LogP contribution in [0.2, 0.25) is 0 Å². The molecule has 0 aromatic carbocycles. The summed E-state index contributed by atoms with van der Waals surface area (Å²) in [6, 6.07) is 0. The Balaban J connectivity index is 3.55. The van der Waals surface area contributed by atoms with Crippen LogP contribution in [0, 0.1) is 0 Å². The molecule has 0 aliphatic heterocycles. The highest BCUT2D eigenvalue weighted by Gasteiger charge is 2.14. The second-order valence-corrected chi connectivity index (χ2v) is 3.81. The van der Waals surface area contributed by atoms with Crippen molar-refractivity contribution in [3.05, 3.63) is 0 Å². The van der Waals surface area contributed by atoms with Crippen molar-refractivity contribution in [2.24, 2.45) is 0 Å². The van der Waals surface area contributed by atoms with Crippen molar-refractivity contribution in [2.75, 3.05) is 23.9 Å². The minimum atomic E-state index is -0.594. The third kappa shape index (κ3) is 6.37. The Kier molecular flexibility index (Phi) is 9.03. The van der Waals surface area contributed by atoms with E-state index in [0.717, 1.165) is 10.7 Å². The minimum Gasteiger partial charge on any atom is -0.388 e. The summed E-state index contributed by atoms with van der Waals surface area (Å²) in [6.45, 7) is 2.73. The van der Waals surface area contributed by atoms with Gasteiger partial charge in [0.25, 0.3) is 0 Å². The highest BCUT2D eigenvalue weighted by Crippen LogP contribution is 2.02. The molecule has 1 atom stereocenters. The van der Waals surface area contributed by atoms with E-state index in [9.17, 15) is 5.11 Å². The maximum atomic E-state index is 9.18. The first-order chi connectivity index (χ1) is 5.72. The first-order valence-electron chi connectivity index (χ1n) is 3.75. The molecule has 1 N–H and O–H groups in total. The molecule has 0 saturated carbocycles. The molecule has 0 radical (unpaired) electrons. The Labute approximate surface area is 89.7 Å². The van der Waals surface area contributed by atoms with E-state index in [1.54, 1.807) is 6.92 Å². The Morgan fingerprint density at radius 2 is 1.58 bits per heavy atom. The molecule has 0 heterocycles. The summed E-state index contributed by atoms with van der Waals surface area (Å²) in [7, 11) is 0. The van der Waals surface area contributed by atoms with Crippen LogP contribution in [0.15, 0.2) is 0 Å². The first kappa shape index (κ1) is 12.8. The fraction of sp³-hybridized carbons (Fsp3) is 1.00. The van der Waals surface area contributed by atoms with Crippen molar-refractivity contribution in [3.8, 4) is 0 Å². The predicted molar refractivity (Wildman–Crippen MR) is 55.0 cm³/mol. The highest BCUT2D eigenvalue weighted by atomic mass is 79.9. The van der Waals surface area contributed by atoms with Gasteiger partial charge < -0.3 is 14.6 Å². The van der Waals surface area contributed by atoms with Crippen molar-refractivity contribution in [3.63, 3.8) is 0 Å². The van der Waals surface area contributed by atoms with Crippen molar-refractivity contribution in [1.29, 1.82) is 0 Å². The SMILES string of the molecule is CC(O)C(OCCBr)OCCBr. The Morgan fingerprint density at radius 1 is 1.17 bits per heavy atom. The van der Waals surface area contributed by atoms with Gasteiger partial charge in [0.15, 0.2) is 6.29 Å². The van der Waals surface area contributed by atoms with Crippen molar-refractivity contribution in [1.82, 2.24) is 0 Å². The molecule has 0 bridgehead atoms. The number of aliphatic hydroxyl groups excluding tert-OH is 1. The molecular weight excluding hydrogens is 292 g/mol. The van der Waals surface area contributed by atoms with Gasteiger partial charge in [-0.25, -0.2) is 0 Å². The third-order valence-electron chi connectivity index (χ3n) is 1.11. The first-order valence-corrected chi connectivity index (χ1v) is 6.00. The highest BCUT2D eigenvalue weighted by molar-refractivity contribution is 9.09. The van der Waals surface area contributed by atoms with E-state index < -0.39 is 12.4 Å². The predicted octanol–water partition coefficient (Wildman–Crippen LogP) is 1.52. The summed E-state index contributed by atoms with van der Waals surface area (Å²) in [4.78, 5) is 0. The van der Waals surface area contributed by atoms with Crippen LogP contribution in [0.1, 0.15) is 6.92 Å². The van der Waals surface area contributed by atoms with Crippen LogP contribution in [0.25, 0.3) is 0 Å². The van der Waals surface area contributed by atoms with Gasteiger partial charge in [-0.05, 0) is 6.92 Å². The average Bonchev–Trinajstić information content (AvgIpc) is 2.04. The zero-order chi connectivity index (χ0) is 9.40. The smallest absolute Gasteiger partial charge is 0.183 e. The van der Waals surface area contributed by atoms with Crippen LogP contribution in [0.3, 0.4) is 0 Å². The molecule has 0 aromatic heterocycles. The molecule has 5 heteroatoms. The Hall–Kier alpha value is 0.840. The number of hydrogen-bond donors (Lipinski definition) is 1. The fourth-order valence-corrected chi connectivity index (χ4v) is 1.02. The summed E-state index contributed by atoms with van der Waals surface area (Å²) >= 11 is 6.45. The lowest BCUT2D eigenvalue weighted by Gasteiger charge is -2.19. The van der Waals surface area contributed by atoms with Gasteiger partial charge in [-0.2, -0.15) is 0 Å². The van der Waals surface area contributed by atoms with Crippen LogP contribution in [0.4, 0.5) is 0 Å². The van der Waals surface area contributed by atoms with Crippen LogP contribution in [-0.4, -0.2) is 41.4 Å². The Bertz CT molecular complexity index is 92.7. The zero-order valence-electron chi connectivity index (χ0n) is 7.00. The second kappa shape index (κ2) is 8.44. The molecule has 0 amide bonds. The number of ether oxygens (including phenoxy) is 2. The zero-order valence-corrected chi connectivity index (χ0v) is 10.2. The van der Waals surface area contributed by atoms with E-state index in [4.69, 9.17) is 9.47 Å². The standard InChI is InChI=1S/C7H14Br2O3/c1-6(10)7(11-4-2-8)12-5-3-9/h6-7,10H,2-5H2,1H3.